The van der Waals surface area contributed by atoms with Gasteiger partial charge in [-0.05, 0) is 43.4 Å². The molecule has 2 aromatic heterocycles. The van der Waals surface area contributed by atoms with E-state index in [1.807, 2.05) is 41.5 Å². The molecule has 1 aromatic carbocycles. The zero-order chi connectivity index (χ0) is 17.4. The van der Waals surface area contributed by atoms with Crippen molar-refractivity contribution in [2.24, 2.45) is 7.05 Å². The Morgan fingerprint density at radius 2 is 2.08 bits per heavy atom. The molecule has 128 valence electrons. The molecular weight excluding hydrogens is 312 g/mol. The van der Waals surface area contributed by atoms with Gasteiger partial charge in [-0.2, -0.15) is 5.10 Å². The Morgan fingerprint density at radius 3 is 2.88 bits per heavy atom. The number of fused-ring (bicyclic) bond motifs is 1. The minimum atomic E-state index is -0.0936. The van der Waals surface area contributed by atoms with Crippen LogP contribution in [0, 0.1) is 6.92 Å². The normalized spacial score (nSPS) is 16.5. The molecule has 0 aliphatic heterocycles. The second-order valence-corrected chi connectivity index (χ2v) is 6.65. The van der Waals surface area contributed by atoms with Crippen LogP contribution in [0.1, 0.15) is 46.1 Å². The van der Waals surface area contributed by atoms with Gasteiger partial charge in [-0.1, -0.05) is 24.3 Å². The molecule has 0 fully saturated rings. The van der Waals surface area contributed by atoms with Crippen LogP contribution in [0.5, 0.6) is 0 Å². The Morgan fingerprint density at radius 1 is 1.24 bits per heavy atom. The van der Waals surface area contributed by atoms with Gasteiger partial charge in [0.05, 0.1) is 17.8 Å². The molecular formula is C20H22N4O. The van der Waals surface area contributed by atoms with E-state index < -0.39 is 0 Å². The van der Waals surface area contributed by atoms with Gasteiger partial charge < -0.3 is 9.88 Å². The summed E-state index contributed by atoms with van der Waals surface area (Å²) in [6.07, 6.45) is 6.93. The maximum atomic E-state index is 12.7. The largest absolute Gasteiger partial charge is 0.354 e. The average molecular weight is 334 g/mol. The number of carbonyl (C=O) groups is 1. The van der Waals surface area contributed by atoms with Crippen LogP contribution >= 0.6 is 0 Å². The topological polar surface area (TPSA) is 51.9 Å². The smallest absolute Gasteiger partial charge is 0.258 e. The lowest BCUT2D eigenvalue weighted by Crippen LogP contribution is -2.22. The predicted octanol–water partition coefficient (Wildman–Crippen LogP) is 3.71. The van der Waals surface area contributed by atoms with Gasteiger partial charge in [-0.15, -0.1) is 0 Å². The van der Waals surface area contributed by atoms with Gasteiger partial charge in [-0.3, -0.25) is 4.79 Å². The van der Waals surface area contributed by atoms with Crippen LogP contribution in [0.4, 0.5) is 5.82 Å². The summed E-state index contributed by atoms with van der Waals surface area (Å²) in [5.41, 5.74) is 4.33. The molecule has 0 saturated carbocycles. The summed E-state index contributed by atoms with van der Waals surface area (Å²) in [7, 11) is 1.94. The first-order valence-corrected chi connectivity index (χ1v) is 8.69. The van der Waals surface area contributed by atoms with E-state index in [4.69, 9.17) is 0 Å². The summed E-state index contributed by atoms with van der Waals surface area (Å²) in [6.45, 7) is 1.95. The highest BCUT2D eigenvalue weighted by atomic mass is 16.1. The van der Waals surface area contributed by atoms with Crippen molar-refractivity contribution < 1.29 is 4.79 Å². The van der Waals surface area contributed by atoms with E-state index in [1.54, 1.807) is 6.20 Å². The molecule has 5 heteroatoms. The van der Waals surface area contributed by atoms with Crippen molar-refractivity contribution in [2.45, 2.75) is 32.2 Å². The maximum Gasteiger partial charge on any atom is 0.258 e. The Labute approximate surface area is 147 Å². The summed E-state index contributed by atoms with van der Waals surface area (Å²) in [4.78, 5) is 12.7. The highest BCUT2D eigenvalue weighted by molar-refractivity contribution is 6.04. The molecule has 1 aliphatic rings. The number of aryl methyl sites for hydroxylation is 2. The molecule has 0 bridgehead atoms. The van der Waals surface area contributed by atoms with E-state index in [9.17, 15) is 4.79 Å². The van der Waals surface area contributed by atoms with Crippen molar-refractivity contribution in [3.63, 3.8) is 0 Å². The maximum absolute atomic E-state index is 12.7. The standard InChI is InChI=1S/C20H22N4O/c1-14-16(11-13-23(14)2)20(25)22-19-10-12-21-24(19)18-9-5-7-15-6-3-4-8-17(15)18/h3-4,6,8,10-13,18H,5,7,9H2,1-2H3,(H,22,25). The minimum absolute atomic E-state index is 0.0936. The van der Waals surface area contributed by atoms with Crippen LogP contribution < -0.4 is 5.32 Å². The predicted molar refractivity (Wildman–Crippen MR) is 97.8 cm³/mol. The van der Waals surface area contributed by atoms with Crippen molar-refractivity contribution in [3.05, 3.63) is 71.2 Å². The third-order valence-electron chi connectivity index (χ3n) is 5.17. The number of benzene rings is 1. The first kappa shape index (κ1) is 15.7. The summed E-state index contributed by atoms with van der Waals surface area (Å²) in [6, 6.07) is 12.4. The van der Waals surface area contributed by atoms with Gasteiger partial charge in [0.1, 0.15) is 5.82 Å². The third-order valence-corrected chi connectivity index (χ3v) is 5.17. The van der Waals surface area contributed by atoms with E-state index in [0.29, 0.717) is 5.56 Å². The van der Waals surface area contributed by atoms with Gasteiger partial charge in [0.15, 0.2) is 0 Å². The molecule has 1 N–H and O–H groups in total. The lowest BCUT2D eigenvalue weighted by Gasteiger charge is -2.27. The van der Waals surface area contributed by atoms with Crippen LogP contribution in [-0.2, 0) is 13.5 Å². The molecule has 4 rings (SSSR count). The quantitative estimate of drug-likeness (QED) is 0.794. The molecule has 5 nitrogen and oxygen atoms in total. The van der Waals surface area contributed by atoms with Crippen LogP contribution in [0.2, 0.25) is 0 Å². The first-order valence-electron chi connectivity index (χ1n) is 8.69. The zero-order valence-corrected chi connectivity index (χ0v) is 14.6. The van der Waals surface area contributed by atoms with E-state index in [0.717, 1.165) is 30.8 Å². The Hall–Kier alpha value is -2.82. The van der Waals surface area contributed by atoms with Crippen molar-refractivity contribution in [1.82, 2.24) is 14.3 Å². The fourth-order valence-corrected chi connectivity index (χ4v) is 3.68. The molecule has 1 unspecified atom stereocenters. The number of amides is 1. The fraction of sp³-hybridized carbons (Fsp3) is 0.300. The van der Waals surface area contributed by atoms with Crippen molar-refractivity contribution in [1.29, 1.82) is 0 Å². The third kappa shape index (κ3) is 2.76. The van der Waals surface area contributed by atoms with Crippen LogP contribution in [0.15, 0.2) is 48.8 Å². The SMILES string of the molecule is Cc1c(C(=O)Nc2ccnn2C2CCCc3ccccc32)ccn1C. The summed E-state index contributed by atoms with van der Waals surface area (Å²) < 4.78 is 3.90. The number of nitrogens with one attached hydrogen (secondary N) is 1. The molecule has 0 spiro atoms. The Bertz CT molecular complexity index is 921. The van der Waals surface area contributed by atoms with Gasteiger partial charge in [0.2, 0.25) is 0 Å². The van der Waals surface area contributed by atoms with Crippen LogP contribution in [-0.4, -0.2) is 20.3 Å². The molecule has 3 aromatic rings. The minimum Gasteiger partial charge on any atom is -0.354 e. The number of anilines is 1. The van der Waals surface area contributed by atoms with Crippen molar-refractivity contribution >= 4 is 11.7 Å². The summed E-state index contributed by atoms with van der Waals surface area (Å²) in [5, 5.41) is 7.55. The fourth-order valence-electron chi connectivity index (χ4n) is 3.68. The zero-order valence-electron chi connectivity index (χ0n) is 14.6. The van der Waals surface area contributed by atoms with Crippen molar-refractivity contribution in [3.8, 4) is 0 Å². The molecule has 0 radical (unpaired) electrons. The first-order chi connectivity index (χ1) is 12.1. The molecule has 2 heterocycles. The van der Waals surface area contributed by atoms with E-state index in [1.165, 1.54) is 11.1 Å². The number of carbonyl (C=O) groups excluding carboxylic acids is 1. The second-order valence-electron chi connectivity index (χ2n) is 6.65. The van der Waals surface area contributed by atoms with Gasteiger partial charge in [-0.25, -0.2) is 4.68 Å². The number of nitrogens with zero attached hydrogens (tertiary/aromatic N) is 3. The lowest BCUT2D eigenvalue weighted by molar-refractivity contribution is 0.102. The average Bonchev–Trinajstić information content (AvgIpc) is 3.21. The molecule has 1 atom stereocenters. The number of rotatable bonds is 3. The van der Waals surface area contributed by atoms with Crippen LogP contribution in [0.25, 0.3) is 0 Å². The van der Waals surface area contributed by atoms with Gasteiger partial charge >= 0.3 is 0 Å². The van der Waals surface area contributed by atoms with E-state index >= 15 is 0 Å². The Balaban J connectivity index is 1.64. The summed E-state index contributed by atoms with van der Waals surface area (Å²) in [5.74, 6) is 0.652. The lowest BCUT2D eigenvalue weighted by atomic mass is 9.88. The molecule has 0 saturated heterocycles. The van der Waals surface area contributed by atoms with Gasteiger partial charge in [0.25, 0.3) is 5.91 Å². The second kappa shape index (κ2) is 6.24. The number of aromatic nitrogens is 3. The highest BCUT2D eigenvalue weighted by Gasteiger charge is 2.24. The molecule has 1 aliphatic carbocycles. The molecule has 25 heavy (non-hydrogen) atoms. The number of hydrogen-bond donors (Lipinski definition) is 1. The van der Waals surface area contributed by atoms with E-state index in [-0.39, 0.29) is 11.9 Å². The van der Waals surface area contributed by atoms with Crippen molar-refractivity contribution in [2.75, 3.05) is 5.32 Å². The van der Waals surface area contributed by atoms with Crippen LogP contribution in [0.3, 0.4) is 0 Å². The Kier molecular flexibility index (Phi) is 3.92. The monoisotopic (exact) mass is 334 g/mol. The molecule has 1 amide bonds. The number of hydrogen-bond acceptors (Lipinski definition) is 2. The summed E-state index contributed by atoms with van der Waals surface area (Å²) >= 11 is 0. The van der Waals surface area contributed by atoms with E-state index in [2.05, 4.69) is 34.7 Å². The highest BCUT2D eigenvalue weighted by Crippen LogP contribution is 2.34. The van der Waals surface area contributed by atoms with Gasteiger partial charge in [0, 0.05) is 25.0 Å².